The topological polar surface area (TPSA) is 64.1 Å². The van der Waals surface area contributed by atoms with Gasteiger partial charge in [0.05, 0.1) is 12.2 Å². The highest BCUT2D eigenvalue weighted by molar-refractivity contribution is 5.96. The van der Waals surface area contributed by atoms with E-state index in [9.17, 15) is 18.0 Å². The molecule has 8 heteroatoms. The number of alkyl halides is 3. The SMILES string of the molecule is O=C(NCc1ccccn1)c1ccc2cc(C3CC3)cc(OC(F)(F)F)c2n1. The zero-order chi connectivity index (χ0) is 19.7. The van der Waals surface area contributed by atoms with Crippen LogP contribution in [0.2, 0.25) is 0 Å². The monoisotopic (exact) mass is 387 g/mol. The molecule has 3 aromatic rings. The second kappa shape index (κ2) is 7.10. The fraction of sp³-hybridized carbons (Fsp3) is 0.250. The molecular formula is C20H16F3N3O2. The molecule has 4 rings (SSSR count). The van der Waals surface area contributed by atoms with Crippen molar-refractivity contribution in [1.29, 1.82) is 0 Å². The molecule has 1 aromatic carbocycles. The summed E-state index contributed by atoms with van der Waals surface area (Å²) in [5.74, 6) is -0.635. The smallest absolute Gasteiger partial charge is 0.403 e. The molecule has 0 aliphatic heterocycles. The summed E-state index contributed by atoms with van der Waals surface area (Å²) < 4.78 is 42.7. The van der Waals surface area contributed by atoms with Crippen molar-refractivity contribution in [1.82, 2.24) is 15.3 Å². The third-order valence-electron chi connectivity index (χ3n) is 4.44. The van der Waals surface area contributed by atoms with E-state index in [1.165, 1.54) is 12.1 Å². The second-order valence-corrected chi connectivity index (χ2v) is 6.61. The molecular weight excluding hydrogens is 371 g/mol. The molecule has 1 aliphatic carbocycles. The Hall–Kier alpha value is -3.16. The van der Waals surface area contributed by atoms with Gasteiger partial charge in [-0.05, 0) is 54.7 Å². The van der Waals surface area contributed by atoms with Crippen LogP contribution < -0.4 is 10.1 Å². The Balaban J connectivity index is 1.64. The summed E-state index contributed by atoms with van der Waals surface area (Å²) in [4.78, 5) is 20.6. The number of amides is 1. The van der Waals surface area contributed by atoms with E-state index in [1.54, 1.807) is 36.5 Å². The van der Waals surface area contributed by atoms with Crippen LogP contribution in [0.25, 0.3) is 10.9 Å². The van der Waals surface area contributed by atoms with Gasteiger partial charge in [0.1, 0.15) is 11.2 Å². The van der Waals surface area contributed by atoms with E-state index in [1.807, 2.05) is 0 Å². The quantitative estimate of drug-likeness (QED) is 0.708. The molecule has 1 saturated carbocycles. The molecule has 28 heavy (non-hydrogen) atoms. The van der Waals surface area contributed by atoms with E-state index in [0.717, 1.165) is 18.4 Å². The van der Waals surface area contributed by atoms with E-state index in [-0.39, 0.29) is 29.4 Å². The fourth-order valence-corrected chi connectivity index (χ4v) is 2.97. The van der Waals surface area contributed by atoms with Crippen molar-refractivity contribution in [3.63, 3.8) is 0 Å². The third kappa shape index (κ3) is 4.21. The third-order valence-corrected chi connectivity index (χ3v) is 4.44. The summed E-state index contributed by atoms with van der Waals surface area (Å²) in [6.07, 6.45) is -1.35. The van der Waals surface area contributed by atoms with Gasteiger partial charge in [-0.3, -0.25) is 9.78 Å². The minimum absolute atomic E-state index is 0.00668. The average Bonchev–Trinajstić information content (AvgIpc) is 3.50. The Kier molecular flexibility index (Phi) is 4.62. The number of carbonyl (C=O) groups excluding carboxylic acids is 1. The Labute approximate surface area is 158 Å². The van der Waals surface area contributed by atoms with Crippen LogP contribution in [0, 0.1) is 0 Å². The number of rotatable bonds is 5. The number of hydrogen-bond donors (Lipinski definition) is 1. The molecule has 0 spiro atoms. The lowest BCUT2D eigenvalue weighted by atomic mass is 10.1. The van der Waals surface area contributed by atoms with Crippen molar-refractivity contribution >= 4 is 16.8 Å². The molecule has 0 bridgehead atoms. The van der Waals surface area contributed by atoms with Gasteiger partial charge in [-0.1, -0.05) is 12.1 Å². The molecule has 144 valence electrons. The van der Waals surface area contributed by atoms with Crippen LogP contribution in [0.4, 0.5) is 13.2 Å². The molecule has 1 amide bonds. The first-order valence-electron chi connectivity index (χ1n) is 8.77. The number of halogens is 3. The largest absolute Gasteiger partial charge is 0.573 e. The maximum Gasteiger partial charge on any atom is 0.573 e. The van der Waals surface area contributed by atoms with Crippen LogP contribution in [0.5, 0.6) is 5.75 Å². The van der Waals surface area contributed by atoms with Crippen LogP contribution in [0.15, 0.2) is 48.7 Å². The number of ether oxygens (including phenoxy) is 1. The van der Waals surface area contributed by atoms with Crippen LogP contribution >= 0.6 is 0 Å². The van der Waals surface area contributed by atoms with E-state index >= 15 is 0 Å². The van der Waals surface area contributed by atoms with Crippen LogP contribution in [-0.4, -0.2) is 22.2 Å². The van der Waals surface area contributed by atoms with Crippen LogP contribution in [-0.2, 0) is 6.54 Å². The number of nitrogens with zero attached hydrogens (tertiary/aromatic N) is 2. The molecule has 5 nitrogen and oxygen atoms in total. The summed E-state index contributed by atoms with van der Waals surface area (Å²) >= 11 is 0. The number of pyridine rings is 2. The normalized spacial score (nSPS) is 14.1. The van der Waals surface area contributed by atoms with E-state index in [2.05, 4.69) is 20.0 Å². The molecule has 0 radical (unpaired) electrons. The van der Waals surface area contributed by atoms with Gasteiger partial charge in [0, 0.05) is 11.6 Å². The van der Waals surface area contributed by atoms with E-state index in [4.69, 9.17) is 0 Å². The van der Waals surface area contributed by atoms with Crippen molar-refractivity contribution in [2.45, 2.75) is 31.7 Å². The summed E-state index contributed by atoms with van der Waals surface area (Å²) in [6, 6.07) is 11.6. The van der Waals surface area contributed by atoms with Crippen molar-refractivity contribution in [3.8, 4) is 5.75 Å². The van der Waals surface area contributed by atoms with Gasteiger partial charge in [-0.25, -0.2) is 4.98 Å². The minimum atomic E-state index is -4.84. The number of hydrogen-bond acceptors (Lipinski definition) is 4. The molecule has 2 aromatic heterocycles. The maximum absolute atomic E-state index is 12.8. The van der Waals surface area contributed by atoms with Gasteiger partial charge in [-0.15, -0.1) is 13.2 Å². The predicted molar refractivity (Wildman–Crippen MR) is 95.8 cm³/mol. The lowest BCUT2D eigenvalue weighted by molar-refractivity contribution is -0.274. The van der Waals surface area contributed by atoms with Crippen molar-refractivity contribution < 1.29 is 22.7 Å². The standard InChI is InChI=1S/C20H16F3N3O2/c21-20(22,23)28-17-10-14(12-4-5-12)9-13-6-7-16(26-18(13)17)19(27)25-11-15-3-1-2-8-24-15/h1-3,6-10,12H,4-5,11H2,(H,25,27). The zero-order valence-electron chi connectivity index (χ0n) is 14.7. The molecule has 1 N–H and O–H groups in total. The number of carbonyl (C=O) groups is 1. The highest BCUT2D eigenvalue weighted by atomic mass is 19.4. The van der Waals surface area contributed by atoms with Gasteiger partial charge in [0.25, 0.3) is 5.91 Å². The van der Waals surface area contributed by atoms with E-state index < -0.39 is 12.3 Å². The Morgan fingerprint density at radius 1 is 1.18 bits per heavy atom. The summed E-state index contributed by atoms with van der Waals surface area (Å²) in [7, 11) is 0. The molecule has 1 aliphatic rings. The molecule has 1 fully saturated rings. The molecule has 0 saturated heterocycles. The maximum atomic E-state index is 12.8. The molecule has 2 heterocycles. The first kappa shape index (κ1) is 18.2. The van der Waals surface area contributed by atoms with Crippen molar-refractivity contribution in [2.75, 3.05) is 0 Å². The Morgan fingerprint density at radius 2 is 2.00 bits per heavy atom. The van der Waals surface area contributed by atoms with Gasteiger partial charge < -0.3 is 10.1 Å². The summed E-state index contributed by atoms with van der Waals surface area (Å²) in [5, 5.41) is 3.16. The first-order chi connectivity index (χ1) is 13.4. The van der Waals surface area contributed by atoms with Gasteiger partial charge in [0.2, 0.25) is 0 Å². The van der Waals surface area contributed by atoms with Gasteiger partial charge >= 0.3 is 6.36 Å². The van der Waals surface area contributed by atoms with E-state index in [0.29, 0.717) is 11.1 Å². The molecule has 0 unspecified atom stereocenters. The lowest BCUT2D eigenvalue weighted by Gasteiger charge is -2.13. The average molecular weight is 387 g/mol. The number of benzene rings is 1. The first-order valence-corrected chi connectivity index (χ1v) is 8.77. The summed E-state index contributed by atoms with van der Waals surface area (Å²) in [6.45, 7) is 0.186. The fourth-order valence-electron chi connectivity index (χ4n) is 2.97. The molecule has 0 atom stereocenters. The van der Waals surface area contributed by atoms with Crippen LogP contribution in [0.3, 0.4) is 0 Å². The number of nitrogens with one attached hydrogen (secondary N) is 1. The van der Waals surface area contributed by atoms with Crippen molar-refractivity contribution in [2.24, 2.45) is 0 Å². The minimum Gasteiger partial charge on any atom is -0.403 e. The van der Waals surface area contributed by atoms with Gasteiger partial charge in [-0.2, -0.15) is 0 Å². The number of aromatic nitrogens is 2. The van der Waals surface area contributed by atoms with Crippen LogP contribution in [0.1, 0.15) is 40.5 Å². The Bertz CT molecular complexity index is 1020. The Morgan fingerprint density at radius 3 is 2.68 bits per heavy atom. The summed E-state index contributed by atoms with van der Waals surface area (Å²) in [5.41, 5.74) is 1.47. The number of fused-ring (bicyclic) bond motifs is 1. The predicted octanol–water partition coefficient (Wildman–Crippen LogP) is 4.34. The van der Waals surface area contributed by atoms with Crippen molar-refractivity contribution in [3.05, 3.63) is 65.6 Å². The lowest BCUT2D eigenvalue weighted by Crippen LogP contribution is -2.24. The second-order valence-electron chi connectivity index (χ2n) is 6.61. The highest BCUT2D eigenvalue weighted by Crippen LogP contribution is 2.43. The van der Waals surface area contributed by atoms with Gasteiger partial charge in [0.15, 0.2) is 5.75 Å². The zero-order valence-corrected chi connectivity index (χ0v) is 14.7. The highest BCUT2D eigenvalue weighted by Gasteiger charge is 2.33.